The van der Waals surface area contributed by atoms with E-state index in [9.17, 15) is 0 Å². The minimum Gasteiger partial charge on any atom is -0.318 e. The van der Waals surface area contributed by atoms with Gasteiger partial charge < -0.3 is 5.73 Å². The molecule has 2 rings (SSSR count). The van der Waals surface area contributed by atoms with Gasteiger partial charge in [-0.2, -0.15) is 0 Å². The van der Waals surface area contributed by atoms with Gasteiger partial charge in [0.2, 0.25) is 0 Å². The van der Waals surface area contributed by atoms with Gasteiger partial charge in [0.25, 0.3) is 0 Å². The van der Waals surface area contributed by atoms with Crippen LogP contribution >= 0.6 is 0 Å². The summed E-state index contributed by atoms with van der Waals surface area (Å²) in [6.45, 7) is 4.95. The van der Waals surface area contributed by atoms with Crippen molar-refractivity contribution in [3.05, 3.63) is 41.5 Å². The van der Waals surface area contributed by atoms with Crippen molar-refractivity contribution >= 4 is 0 Å². The Morgan fingerprint density at radius 3 is 3.00 bits per heavy atom. The van der Waals surface area contributed by atoms with E-state index in [4.69, 9.17) is 5.73 Å². The third kappa shape index (κ3) is 2.50. The number of aromatic nitrogens is 4. The van der Waals surface area contributed by atoms with Crippen molar-refractivity contribution in [2.45, 2.75) is 32.9 Å². The Bertz CT molecular complexity index is 491. The van der Waals surface area contributed by atoms with Crippen LogP contribution in [0.2, 0.25) is 0 Å². The molecule has 0 aromatic carbocycles. The third-order valence-electron chi connectivity index (χ3n) is 2.66. The maximum Gasteiger partial charge on any atom is 0.0913 e. The van der Waals surface area contributed by atoms with E-state index in [-0.39, 0.29) is 6.04 Å². The zero-order valence-electron chi connectivity index (χ0n) is 10.2. The summed E-state index contributed by atoms with van der Waals surface area (Å²) in [7, 11) is 0. The van der Waals surface area contributed by atoms with E-state index < -0.39 is 0 Å². The number of pyridine rings is 1. The summed E-state index contributed by atoms with van der Waals surface area (Å²) in [4.78, 5) is 4.30. The summed E-state index contributed by atoms with van der Waals surface area (Å²) in [5.74, 6) is 0. The van der Waals surface area contributed by atoms with Crippen molar-refractivity contribution in [1.29, 1.82) is 0 Å². The first-order valence-corrected chi connectivity index (χ1v) is 5.79. The quantitative estimate of drug-likeness (QED) is 0.864. The highest BCUT2D eigenvalue weighted by Gasteiger charge is 2.15. The second kappa shape index (κ2) is 5.05. The molecular weight excluding hydrogens is 214 g/mol. The molecule has 2 N–H and O–H groups in total. The van der Waals surface area contributed by atoms with Gasteiger partial charge >= 0.3 is 0 Å². The third-order valence-corrected chi connectivity index (χ3v) is 2.66. The summed E-state index contributed by atoms with van der Waals surface area (Å²) in [6.07, 6.45) is 4.49. The van der Waals surface area contributed by atoms with Crippen molar-refractivity contribution < 1.29 is 0 Å². The van der Waals surface area contributed by atoms with Crippen LogP contribution in [0.25, 0.3) is 0 Å². The molecule has 2 aromatic heterocycles. The second-order valence-corrected chi connectivity index (χ2v) is 4.12. The zero-order chi connectivity index (χ0) is 12.3. The molecule has 2 heterocycles. The molecular formula is C12H17N5. The van der Waals surface area contributed by atoms with Crippen LogP contribution in [-0.4, -0.2) is 20.0 Å². The first-order chi connectivity index (χ1) is 8.22. The molecule has 1 atom stereocenters. The molecule has 1 unspecified atom stereocenters. The lowest BCUT2D eigenvalue weighted by Gasteiger charge is -2.12. The van der Waals surface area contributed by atoms with Crippen LogP contribution in [0, 0.1) is 6.92 Å². The highest BCUT2D eigenvalue weighted by Crippen LogP contribution is 2.17. The molecule has 0 aliphatic heterocycles. The van der Waals surface area contributed by atoms with Crippen molar-refractivity contribution in [3.63, 3.8) is 0 Å². The zero-order valence-corrected chi connectivity index (χ0v) is 10.2. The van der Waals surface area contributed by atoms with E-state index in [1.807, 2.05) is 23.7 Å². The summed E-state index contributed by atoms with van der Waals surface area (Å²) in [5, 5.41) is 7.95. The molecule has 2 aromatic rings. The minimum atomic E-state index is -0.267. The Hall–Kier alpha value is -1.75. The molecule has 90 valence electrons. The predicted molar refractivity (Wildman–Crippen MR) is 65.3 cm³/mol. The normalized spacial score (nSPS) is 12.6. The summed E-state index contributed by atoms with van der Waals surface area (Å²) < 4.78 is 1.84. The van der Waals surface area contributed by atoms with Gasteiger partial charge in [0, 0.05) is 12.7 Å². The smallest absolute Gasteiger partial charge is 0.0913 e. The Morgan fingerprint density at radius 2 is 2.29 bits per heavy atom. The lowest BCUT2D eigenvalue weighted by Crippen LogP contribution is -2.18. The lowest BCUT2D eigenvalue weighted by molar-refractivity contribution is 0.541. The number of hydrogen-bond acceptors (Lipinski definition) is 4. The Morgan fingerprint density at radius 1 is 1.47 bits per heavy atom. The number of rotatable bonds is 4. The number of nitrogens with zero attached hydrogens (tertiary/aromatic N) is 4. The molecule has 0 fully saturated rings. The van der Waals surface area contributed by atoms with Crippen molar-refractivity contribution in [3.8, 4) is 0 Å². The summed E-state index contributed by atoms with van der Waals surface area (Å²) in [5.41, 5.74) is 9.11. The topological polar surface area (TPSA) is 69.6 Å². The summed E-state index contributed by atoms with van der Waals surface area (Å²) in [6, 6.07) is 3.68. The number of aryl methyl sites for hydroxylation is 2. The van der Waals surface area contributed by atoms with E-state index in [1.165, 1.54) is 0 Å². The highest BCUT2D eigenvalue weighted by atomic mass is 15.4. The van der Waals surface area contributed by atoms with Gasteiger partial charge in [0.05, 0.1) is 23.6 Å². The molecule has 0 radical (unpaired) electrons. The Balaban J connectivity index is 2.30. The fourth-order valence-electron chi connectivity index (χ4n) is 1.77. The lowest BCUT2D eigenvalue weighted by atomic mass is 10.1. The molecule has 0 aliphatic rings. The highest BCUT2D eigenvalue weighted by molar-refractivity contribution is 5.23. The van der Waals surface area contributed by atoms with Crippen LogP contribution in [0.15, 0.2) is 24.5 Å². The van der Waals surface area contributed by atoms with E-state index in [0.717, 1.165) is 29.9 Å². The summed E-state index contributed by atoms with van der Waals surface area (Å²) >= 11 is 0. The van der Waals surface area contributed by atoms with Gasteiger partial charge in [-0.1, -0.05) is 12.1 Å². The molecule has 17 heavy (non-hydrogen) atoms. The molecule has 5 nitrogen and oxygen atoms in total. The average molecular weight is 231 g/mol. The van der Waals surface area contributed by atoms with Crippen LogP contribution in [0.3, 0.4) is 0 Å². The van der Waals surface area contributed by atoms with E-state index in [0.29, 0.717) is 0 Å². The molecule has 0 amide bonds. The van der Waals surface area contributed by atoms with Gasteiger partial charge in [-0.15, -0.1) is 5.10 Å². The van der Waals surface area contributed by atoms with Gasteiger partial charge in [0.1, 0.15) is 0 Å². The van der Waals surface area contributed by atoms with Crippen LogP contribution in [0.4, 0.5) is 0 Å². The first-order valence-electron chi connectivity index (χ1n) is 5.79. The molecule has 0 saturated heterocycles. The maximum absolute atomic E-state index is 6.20. The fraction of sp³-hybridized carbons (Fsp3) is 0.417. The number of hydrogen-bond donors (Lipinski definition) is 1. The molecule has 0 saturated carbocycles. The van der Waals surface area contributed by atoms with Crippen molar-refractivity contribution in [2.24, 2.45) is 5.73 Å². The van der Waals surface area contributed by atoms with Gasteiger partial charge in [-0.3, -0.25) is 4.98 Å². The largest absolute Gasteiger partial charge is 0.318 e. The van der Waals surface area contributed by atoms with E-state index >= 15 is 0 Å². The maximum atomic E-state index is 6.20. The van der Waals surface area contributed by atoms with Gasteiger partial charge in [0.15, 0.2) is 0 Å². The van der Waals surface area contributed by atoms with Crippen LogP contribution < -0.4 is 5.73 Å². The monoisotopic (exact) mass is 231 g/mol. The van der Waals surface area contributed by atoms with Crippen molar-refractivity contribution in [1.82, 2.24) is 20.0 Å². The molecule has 0 spiro atoms. The second-order valence-electron chi connectivity index (χ2n) is 4.12. The minimum absolute atomic E-state index is 0.267. The predicted octanol–water partition coefficient (Wildman–Crippen LogP) is 1.44. The SMILES string of the molecule is CCCn1nncc1C(N)c1cc(C)ccn1. The van der Waals surface area contributed by atoms with Crippen LogP contribution in [0.5, 0.6) is 0 Å². The van der Waals surface area contributed by atoms with Gasteiger partial charge in [-0.05, 0) is 31.0 Å². The Labute approximate surface area is 101 Å². The molecule has 0 bridgehead atoms. The van der Waals surface area contributed by atoms with Crippen molar-refractivity contribution in [2.75, 3.05) is 0 Å². The fourth-order valence-corrected chi connectivity index (χ4v) is 1.77. The first kappa shape index (κ1) is 11.7. The standard InChI is InChI=1S/C12H17N5/c1-3-6-17-11(8-15-16-17)12(13)10-7-9(2)4-5-14-10/h4-5,7-8,12H,3,6,13H2,1-2H3. The van der Waals surface area contributed by atoms with Gasteiger partial charge in [-0.25, -0.2) is 4.68 Å². The molecule has 5 heteroatoms. The average Bonchev–Trinajstić information content (AvgIpc) is 2.77. The van der Waals surface area contributed by atoms with E-state index in [2.05, 4.69) is 22.2 Å². The number of nitrogens with two attached hydrogens (primary N) is 1. The van der Waals surface area contributed by atoms with Crippen LogP contribution in [0.1, 0.15) is 36.3 Å². The van der Waals surface area contributed by atoms with Crippen LogP contribution in [-0.2, 0) is 6.54 Å². The molecule has 0 aliphatic carbocycles. The van der Waals surface area contributed by atoms with E-state index in [1.54, 1.807) is 12.4 Å². The Kier molecular flexibility index (Phi) is 3.49.